The van der Waals surface area contributed by atoms with Crippen LogP contribution in [0.3, 0.4) is 0 Å². The minimum absolute atomic E-state index is 0.876. The zero-order chi connectivity index (χ0) is 37.7. The monoisotopic (exact) mass is 728 g/mol. The average Bonchev–Trinajstić information content (AvgIpc) is 3.83. The van der Waals surface area contributed by atoms with Gasteiger partial charge < -0.3 is 13.9 Å². The summed E-state index contributed by atoms with van der Waals surface area (Å²) in [5.74, 6) is 0. The maximum Gasteiger partial charge on any atom is 0.135 e. The Morgan fingerprint density at radius 2 is 0.842 bits per heavy atom. The molecule has 3 nitrogen and oxygen atoms in total. The Morgan fingerprint density at radius 1 is 0.316 bits per heavy atom. The van der Waals surface area contributed by atoms with Crippen molar-refractivity contribution in [2.45, 2.75) is 0 Å². The predicted molar refractivity (Wildman–Crippen MR) is 239 cm³/mol. The molecule has 0 saturated heterocycles. The molecule has 0 spiro atoms. The Balaban J connectivity index is 1.13. The molecule has 11 rings (SSSR count). The number of benzene rings is 9. The van der Waals surface area contributed by atoms with Gasteiger partial charge in [0, 0.05) is 44.2 Å². The van der Waals surface area contributed by atoms with E-state index in [1.807, 2.05) is 12.1 Å². The van der Waals surface area contributed by atoms with E-state index in [-0.39, 0.29) is 0 Å². The number of aromatic nitrogens is 1. The smallest absolute Gasteiger partial charge is 0.135 e. The van der Waals surface area contributed by atoms with Crippen molar-refractivity contribution in [1.29, 1.82) is 0 Å². The molecular formula is C54H36N2O. The van der Waals surface area contributed by atoms with Crippen molar-refractivity contribution < 1.29 is 4.42 Å². The van der Waals surface area contributed by atoms with E-state index in [0.29, 0.717) is 0 Å². The summed E-state index contributed by atoms with van der Waals surface area (Å²) in [4.78, 5) is 2.37. The molecule has 57 heavy (non-hydrogen) atoms. The van der Waals surface area contributed by atoms with Crippen molar-refractivity contribution in [2.75, 3.05) is 4.90 Å². The van der Waals surface area contributed by atoms with Gasteiger partial charge in [0.15, 0.2) is 0 Å². The summed E-state index contributed by atoms with van der Waals surface area (Å²) >= 11 is 0. The van der Waals surface area contributed by atoms with E-state index in [1.165, 1.54) is 38.5 Å². The molecule has 9 aromatic carbocycles. The third kappa shape index (κ3) is 5.60. The molecule has 2 aromatic heterocycles. The number of rotatable bonds is 7. The molecule has 0 unspecified atom stereocenters. The zero-order valence-corrected chi connectivity index (χ0v) is 31.1. The molecule has 0 fully saturated rings. The van der Waals surface area contributed by atoms with Crippen molar-refractivity contribution >= 4 is 60.8 Å². The van der Waals surface area contributed by atoms with Crippen molar-refractivity contribution in [3.63, 3.8) is 0 Å². The predicted octanol–water partition coefficient (Wildman–Crippen LogP) is 15.2. The summed E-state index contributed by atoms with van der Waals surface area (Å²) in [7, 11) is 0. The molecule has 0 aliphatic heterocycles. The third-order valence-electron chi connectivity index (χ3n) is 11.2. The van der Waals surface area contributed by atoms with Gasteiger partial charge in [-0.15, -0.1) is 0 Å². The Hall–Kier alpha value is -7.62. The van der Waals surface area contributed by atoms with E-state index in [4.69, 9.17) is 4.42 Å². The van der Waals surface area contributed by atoms with Gasteiger partial charge in [0.1, 0.15) is 11.2 Å². The fraction of sp³-hybridized carbons (Fsp3) is 0. The van der Waals surface area contributed by atoms with E-state index in [0.717, 1.165) is 61.4 Å². The first kappa shape index (κ1) is 32.8. The Morgan fingerprint density at radius 3 is 1.58 bits per heavy atom. The van der Waals surface area contributed by atoms with Crippen molar-refractivity contribution in [1.82, 2.24) is 4.57 Å². The highest BCUT2D eigenvalue weighted by atomic mass is 16.3. The van der Waals surface area contributed by atoms with Crippen LogP contribution in [-0.4, -0.2) is 4.57 Å². The van der Waals surface area contributed by atoms with Crippen LogP contribution in [0.15, 0.2) is 223 Å². The molecule has 0 amide bonds. The molecule has 11 aromatic rings. The molecule has 2 heterocycles. The second kappa shape index (κ2) is 13.6. The van der Waals surface area contributed by atoms with Crippen LogP contribution in [0.1, 0.15) is 0 Å². The van der Waals surface area contributed by atoms with Gasteiger partial charge in [0.2, 0.25) is 0 Å². The van der Waals surface area contributed by atoms with E-state index >= 15 is 0 Å². The number of furan rings is 1. The molecular weight excluding hydrogens is 693 g/mol. The maximum atomic E-state index is 6.28. The lowest BCUT2D eigenvalue weighted by Crippen LogP contribution is -2.10. The lowest BCUT2D eigenvalue weighted by atomic mass is 9.92. The van der Waals surface area contributed by atoms with E-state index in [2.05, 4.69) is 216 Å². The fourth-order valence-electron chi connectivity index (χ4n) is 8.58. The third-order valence-corrected chi connectivity index (χ3v) is 11.2. The van der Waals surface area contributed by atoms with Crippen LogP contribution in [0.5, 0.6) is 0 Å². The van der Waals surface area contributed by atoms with Gasteiger partial charge in [-0.25, -0.2) is 0 Å². The lowest BCUT2D eigenvalue weighted by Gasteiger charge is -2.27. The van der Waals surface area contributed by atoms with Crippen LogP contribution >= 0.6 is 0 Å². The number of nitrogens with zero attached hydrogens (tertiary/aromatic N) is 2. The first-order valence-corrected chi connectivity index (χ1v) is 19.4. The Kier molecular flexibility index (Phi) is 7.82. The number of hydrogen-bond donors (Lipinski definition) is 0. The standard InChI is InChI=1S/C54H36N2O/c1-3-15-37(16-4-1)38-27-29-40(30-28-38)55(42-32-34-54-49(36-42)47-22-10-14-26-53(47)57-54)41-31-33-43(48(35-41)39-17-5-2-6-18-39)44-19-7-11-23-50(44)56-51-24-12-8-20-45(51)46-21-9-13-25-52(46)56/h1-36H. The number of anilines is 3. The first-order chi connectivity index (χ1) is 28.3. The molecule has 0 saturated carbocycles. The van der Waals surface area contributed by atoms with Crippen LogP contribution in [-0.2, 0) is 0 Å². The second-order valence-electron chi connectivity index (χ2n) is 14.5. The zero-order valence-electron chi connectivity index (χ0n) is 31.1. The average molecular weight is 729 g/mol. The largest absolute Gasteiger partial charge is 0.456 e. The summed E-state index contributed by atoms with van der Waals surface area (Å²) in [5.41, 5.74) is 15.5. The molecule has 268 valence electrons. The number of para-hydroxylation sites is 4. The molecule has 0 aliphatic rings. The van der Waals surface area contributed by atoms with E-state index in [9.17, 15) is 0 Å². The van der Waals surface area contributed by atoms with Gasteiger partial charge in [-0.2, -0.15) is 0 Å². The van der Waals surface area contributed by atoms with Crippen LogP contribution < -0.4 is 4.90 Å². The van der Waals surface area contributed by atoms with Crippen LogP contribution in [0, 0.1) is 0 Å². The maximum absolute atomic E-state index is 6.28. The molecule has 3 heteroatoms. The molecule has 0 atom stereocenters. The van der Waals surface area contributed by atoms with Crippen molar-refractivity contribution in [3.8, 4) is 39.1 Å². The van der Waals surface area contributed by atoms with Gasteiger partial charge in [-0.1, -0.05) is 152 Å². The number of hydrogen-bond acceptors (Lipinski definition) is 2. The Labute approximate surface area is 330 Å². The van der Waals surface area contributed by atoms with E-state index < -0.39 is 0 Å². The minimum atomic E-state index is 0.876. The second-order valence-corrected chi connectivity index (χ2v) is 14.5. The molecule has 0 bridgehead atoms. The number of fused-ring (bicyclic) bond motifs is 6. The van der Waals surface area contributed by atoms with Crippen LogP contribution in [0.25, 0.3) is 82.8 Å². The molecule has 0 aliphatic carbocycles. The highest BCUT2D eigenvalue weighted by Gasteiger charge is 2.21. The lowest BCUT2D eigenvalue weighted by molar-refractivity contribution is 0.669. The summed E-state index contributed by atoms with van der Waals surface area (Å²) in [6, 6.07) is 78.2. The topological polar surface area (TPSA) is 21.3 Å². The normalized spacial score (nSPS) is 11.5. The van der Waals surface area contributed by atoms with Gasteiger partial charge >= 0.3 is 0 Å². The summed E-state index contributed by atoms with van der Waals surface area (Å²) in [5, 5.41) is 4.69. The van der Waals surface area contributed by atoms with Gasteiger partial charge in [-0.05, 0) is 94.5 Å². The Bertz CT molecular complexity index is 3180. The van der Waals surface area contributed by atoms with Gasteiger partial charge in [-0.3, -0.25) is 0 Å². The first-order valence-electron chi connectivity index (χ1n) is 19.4. The summed E-state index contributed by atoms with van der Waals surface area (Å²) in [6.45, 7) is 0. The van der Waals surface area contributed by atoms with Crippen molar-refractivity contribution in [3.05, 3.63) is 218 Å². The van der Waals surface area contributed by atoms with Crippen molar-refractivity contribution in [2.24, 2.45) is 0 Å². The van der Waals surface area contributed by atoms with Gasteiger partial charge in [0.25, 0.3) is 0 Å². The summed E-state index contributed by atoms with van der Waals surface area (Å²) < 4.78 is 8.70. The van der Waals surface area contributed by atoms with Gasteiger partial charge in [0.05, 0.1) is 16.7 Å². The minimum Gasteiger partial charge on any atom is -0.456 e. The highest BCUT2D eigenvalue weighted by Crippen LogP contribution is 2.45. The quantitative estimate of drug-likeness (QED) is 0.163. The highest BCUT2D eigenvalue weighted by molar-refractivity contribution is 6.10. The summed E-state index contributed by atoms with van der Waals surface area (Å²) in [6.07, 6.45) is 0. The van der Waals surface area contributed by atoms with E-state index in [1.54, 1.807) is 0 Å². The SMILES string of the molecule is c1ccc(-c2ccc(N(c3ccc(-c4ccccc4-n4c5ccccc5c5ccccc54)c(-c4ccccc4)c3)c3ccc4oc5ccccc5c4c3)cc2)cc1. The molecule has 0 N–H and O–H groups in total. The van der Waals surface area contributed by atoms with Crippen LogP contribution in [0.4, 0.5) is 17.1 Å². The van der Waals surface area contributed by atoms with Crippen LogP contribution in [0.2, 0.25) is 0 Å². The molecule has 0 radical (unpaired) electrons. The fourth-order valence-corrected chi connectivity index (χ4v) is 8.58.